The molecule has 0 aliphatic heterocycles. The smallest absolute Gasteiger partial charge is 0.164 e. The second kappa shape index (κ2) is 11.0. The van der Waals surface area contributed by atoms with Gasteiger partial charge in [0.2, 0.25) is 0 Å². The maximum absolute atomic E-state index is 6.42. The summed E-state index contributed by atoms with van der Waals surface area (Å²) < 4.78 is 6.42. The molecule has 0 fully saturated rings. The van der Waals surface area contributed by atoms with Crippen molar-refractivity contribution in [3.8, 4) is 45.3 Å². The summed E-state index contributed by atoms with van der Waals surface area (Å²) in [5, 5.41) is 9.19. The molecule has 0 saturated carbocycles. The molecule has 0 unspecified atom stereocenters. The molecule has 0 radical (unpaired) electrons. The summed E-state index contributed by atoms with van der Waals surface area (Å²) in [5.41, 5.74) is 6.80. The number of benzene rings is 8. The van der Waals surface area contributed by atoms with Crippen molar-refractivity contribution in [1.29, 1.82) is 0 Å². The monoisotopic (exact) mass is 625 g/mol. The molecule has 49 heavy (non-hydrogen) atoms. The summed E-state index contributed by atoms with van der Waals surface area (Å²) >= 11 is 0. The minimum absolute atomic E-state index is 0.596. The quantitative estimate of drug-likeness (QED) is 0.195. The van der Waals surface area contributed by atoms with E-state index >= 15 is 0 Å². The molecule has 4 heteroatoms. The summed E-state index contributed by atoms with van der Waals surface area (Å²) in [6.07, 6.45) is 0. The van der Waals surface area contributed by atoms with E-state index in [1.54, 1.807) is 0 Å². The van der Waals surface area contributed by atoms with E-state index in [0.29, 0.717) is 17.5 Å². The molecule has 0 spiro atoms. The third kappa shape index (κ3) is 4.57. The lowest BCUT2D eigenvalue weighted by atomic mass is 9.92. The number of furan rings is 1. The van der Waals surface area contributed by atoms with Crippen LogP contribution >= 0.6 is 0 Å². The van der Waals surface area contributed by atoms with E-state index in [1.807, 2.05) is 30.3 Å². The van der Waals surface area contributed by atoms with Crippen LogP contribution in [-0.2, 0) is 0 Å². The predicted molar refractivity (Wildman–Crippen MR) is 201 cm³/mol. The summed E-state index contributed by atoms with van der Waals surface area (Å²) in [7, 11) is 0. The zero-order chi connectivity index (χ0) is 32.3. The van der Waals surface area contributed by atoms with Crippen LogP contribution in [0.5, 0.6) is 0 Å². The van der Waals surface area contributed by atoms with E-state index in [9.17, 15) is 0 Å². The highest BCUT2D eigenvalue weighted by Gasteiger charge is 2.17. The van der Waals surface area contributed by atoms with Gasteiger partial charge in [-0.3, -0.25) is 0 Å². The van der Waals surface area contributed by atoms with Crippen molar-refractivity contribution in [2.24, 2.45) is 0 Å². The number of nitrogens with zero attached hydrogens (tertiary/aromatic N) is 3. The van der Waals surface area contributed by atoms with Gasteiger partial charge in [-0.2, -0.15) is 0 Å². The Morgan fingerprint density at radius 2 is 0.857 bits per heavy atom. The minimum Gasteiger partial charge on any atom is -0.456 e. The fourth-order valence-corrected chi connectivity index (χ4v) is 7.14. The van der Waals surface area contributed by atoms with Crippen LogP contribution in [0, 0.1) is 0 Å². The lowest BCUT2D eigenvalue weighted by Crippen LogP contribution is -2.00. The van der Waals surface area contributed by atoms with Crippen LogP contribution in [0.1, 0.15) is 0 Å². The van der Waals surface area contributed by atoms with Crippen molar-refractivity contribution in [3.63, 3.8) is 0 Å². The highest BCUT2D eigenvalue weighted by molar-refractivity contribution is 6.11. The van der Waals surface area contributed by atoms with E-state index in [0.717, 1.165) is 54.8 Å². The van der Waals surface area contributed by atoms with Gasteiger partial charge in [-0.15, -0.1) is 0 Å². The molecule has 2 aromatic heterocycles. The number of aromatic nitrogens is 3. The molecular weight excluding hydrogens is 599 g/mol. The van der Waals surface area contributed by atoms with Gasteiger partial charge in [0.1, 0.15) is 11.2 Å². The Labute approximate surface area is 282 Å². The van der Waals surface area contributed by atoms with E-state index in [2.05, 4.69) is 133 Å². The Kier molecular flexibility index (Phi) is 6.15. The second-order valence-corrected chi connectivity index (χ2v) is 12.4. The molecule has 0 bridgehead atoms. The third-order valence-corrected chi connectivity index (χ3v) is 9.51. The molecule has 0 aliphatic rings. The van der Waals surface area contributed by atoms with Crippen molar-refractivity contribution in [3.05, 3.63) is 164 Å². The maximum atomic E-state index is 6.42. The Hall–Kier alpha value is -6.65. The zero-order valence-corrected chi connectivity index (χ0v) is 26.3. The Balaban J connectivity index is 1.17. The molecule has 0 saturated heterocycles. The second-order valence-electron chi connectivity index (χ2n) is 12.4. The molecule has 10 rings (SSSR count). The molecule has 8 aromatic carbocycles. The minimum atomic E-state index is 0.596. The number of fused-ring (bicyclic) bond motifs is 6. The lowest BCUT2D eigenvalue weighted by molar-refractivity contribution is 0.669. The average Bonchev–Trinajstić information content (AvgIpc) is 3.53. The highest BCUT2D eigenvalue weighted by Crippen LogP contribution is 2.38. The zero-order valence-electron chi connectivity index (χ0n) is 26.3. The topological polar surface area (TPSA) is 51.8 Å². The van der Waals surface area contributed by atoms with Crippen LogP contribution in [-0.4, -0.2) is 15.0 Å². The first-order valence-electron chi connectivity index (χ1n) is 16.4. The number of rotatable bonds is 4. The number of hydrogen-bond donors (Lipinski definition) is 0. The first-order valence-corrected chi connectivity index (χ1v) is 16.4. The predicted octanol–water partition coefficient (Wildman–Crippen LogP) is 11.9. The fraction of sp³-hybridized carbons (Fsp3) is 0. The highest BCUT2D eigenvalue weighted by atomic mass is 16.3. The van der Waals surface area contributed by atoms with Gasteiger partial charge in [-0.05, 0) is 67.7 Å². The van der Waals surface area contributed by atoms with Crippen molar-refractivity contribution < 1.29 is 4.42 Å². The van der Waals surface area contributed by atoms with E-state index in [-0.39, 0.29) is 0 Å². The molecule has 0 amide bonds. The fourth-order valence-electron chi connectivity index (χ4n) is 7.14. The average molecular weight is 626 g/mol. The summed E-state index contributed by atoms with van der Waals surface area (Å²) in [4.78, 5) is 15.2. The van der Waals surface area contributed by atoms with Crippen LogP contribution in [0.2, 0.25) is 0 Å². The maximum Gasteiger partial charge on any atom is 0.164 e. The third-order valence-electron chi connectivity index (χ3n) is 9.51. The van der Waals surface area contributed by atoms with E-state index in [4.69, 9.17) is 19.4 Å². The summed E-state index contributed by atoms with van der Waals surface area (Å²) in [6.45, 7) is 0. The molecule has 0 atom stereocenters. The van der Waals surface area contributed by atoms with Gasteiger partial charge in [0.15, 0.2) is 17.5 Å². The molecule has 0 N–H and O–H groups in total. The molecule has 10 aromatic rings. The van der Waals surface area contributed by atoms with Crippen molar-refractivity contribution in [1.82, 2.24) is 15.0 Å². The van der Waals surface area contributed by atoms with Gasteiger partial charge in [0.25, 0.3) is 0 Å². The van der Waals surface area contributed by atoms with Gasteiger partial charge < -0.3 is 4.42 Å². The van der Waals surface area contributed by atoms with E-state index < -0.39 is 0 Å². The number of hydrogen-bond acceptors (Lipinski definition) is 4. The van der Waals surface area contributed by atoms with Crippen LogP contribution in [0.4, 0.5) is 0 Å². The van der Waals surface area contributed by atoms with Crippen LogP contribution in [0.15, 0.2) is 168 Å². The molecule has 0 aliphatic carbocycles. The molecule has 4 nitrogen and oxygen atoms in total. The first-order chi connectivity index (χ1) is 24.3. The Morgan fingerprint density at radius 1 is 0.306 bits per heavy atom. The Bertz CT molecular complexity index is 2890. The molecular formula is C45H27N3O. The van der Waals surface area contributed by atoms with Gasteiger partial charge in [-0.1, -0.05) is 140 Å². The van der Waals surface area contributed by atoms with Crippen molar-refractivity contribution in [2.45, 2.75) is 0 Å². The largest absolute Gasteiger partial charge is 0.456 e. The standard InChI is InChI=1S/C45H27N3O/c1-2-12-29(13-3-1)43-46-44(32-23-24-38-40-25-30-14-4-5-15-31(30)26-42(40)49-41(38)27-32)48-45(47-43)39-22-10-20-36-35(19-9-21-37(36)39)34-18-8-16-28-11-6-7-17-33(28)34/h1-27H. The SMILES string of the molecule is c1ccc(-c2nc(-c3ccc4c(c3)oc3cc5ccccc5cc34)nc(-c3cccc4c(-c5cccc6ccccc56)cccc34)n2)cc1. The van der Waals surface area contributed by atoms with Crippen LogP contribution < -0.4 is 0 Å². The van der Waals surface area contributed by atoms with Gasteiger partial charge in [-0.25, -0.2) is 15.0 Å². The molecule has 2 heterocycles. The summed E-state index contributed by atoms with van der Waals surface area (Å²) in [5.74, 6) is 1.85. The first kappa shape index (κ1) is 27.5. The van der Waals surface area contributed by atoms with E-state index in [1.165, 1.54) is 27.3 Å². The Morgan fingerprint density at radius 3 is 1.67 bits per heavy atom. The normalized spacial score (nSPS) is 11.7. The van der Waals surface area contributed by atoms with Crippen molar-refractivity contribution in [2.75, 3.05) is 0 Å². The van der Waals surface area contributed by atoms with Gasteiger partial charge in [0, 0.05) is 27.5 Å². The van der Waals surface area contributed by atoms with Crippen LogP contribution in [0.3, 0.4) is 0 Å². The van der Waals surface area contributed by atoms with Crippen LogP contribution in [0.25, 0.3) is 99.5 Å². The molecule has 228 valence electrons. The van der Waals surface area contributed by atoms with Gasteiger partial charge in [0.05, 0.1) is 0 Å². The lowest BCUT2D eigenvalue weighted by Gasteiger charge is -2.13. The van der Waals surface area contributed by atoms with Gasteiger partial charge >= 0.3 is 0 Å². The summed E-state index contributed by atoms with van der Waals surface area (Å²) in [6, 6.07) is 57.0. The van der Waals surface area contributed by atoms with Crippen molar-refractivity contribution >= 4 is 54.3 Å².